The summed E-state index contributed by atoms with van der Waals surface area (Å²) in [6, 6.07) is 0. The van der Waals surface area contributed by atoms with Crippen LogP contribution >= 0.6 is 34.8 Å². The minimum atomic E-state index is -1.05. The van der Waals surface area contributed by atoms with E-state index in [2.05, 4.69) is 0 Å². The molecule has 0 fully saturated rings. The molecule has 10 heavy (non-hydrogen) atoms. The Hall–Kier alpha value is 0.0900. The van der Waals surface area contributed by atoms with Crippen molar-refractivity contribution in [2.45, 2.75) is 4.33 Å². The van der Waals surface area contributed by atoms with E-state index in [4.69, 9.17) is 34.8 Å². The standard InChI is InChI=1S/C7H5Cl3/c8-6-4-2-1-3-5-7(6,9)10/h1-5H. The lowest BCUT2D eigenvalue weighted by Gasteiger charge is -2.11. The highest BCUT2D eigenvalue weighted by molar-refractivity contribution is 6.57. The van der Waals surface area contributed by atoms with Gasteiger partial charge in [-0.3, -0.25) is 0 Å². The molecular weight excluding hydrogens is 190 g/mol. The number of rotatable bonds is 0. The van der Waals surface area contributed by atoms with Crippen molar-refractivity contribution < 1.29 is 0 Å². The summed E-state index contributed by atoms with van der Waals surface area (Å²) in [7, 11) is 0. The summed E-state index contributed by atoms with van der Waals surface area (Å²) in [5.74, 6) is 0. The second-order valence-corrected chi connectivity index (χ2v) is 3.67. The lowest BCUT2D eigenvalue weighted by molar-refractivity contribution is 1.24. The fraction of sp³-hybridized carbons (Fsp3) is 0.143. The van der Waals surface area contributed by atoms with E-state index in [0.717, 1.165) is 0 Å². The maximum absolute atomic E-state index is 5.77. The fourth-order valence-electron chi connectivity index (χ4n) is 0.571. The van der Waals surface area contributed by atoms with Crippen molar-refractivity contribution in [2.75, 3.05) is 0 Å². The van der Waals surface area contributed by atoms with Crippen molar-refractivity contribution in [2.24, 2.45) is 0 Å². The van der Waals surface area contributed by atoms with Gasteiger partial charge in [-0.15, -0.1) is 0 Å². The molecule has 1 aliphatic carbocycles. The molecule has 0 aromatic carbocycles. The molecule has 3 heteroatoms. The van der Waals surface area contributed by atoms with Crippen LogP contribution in [0.15, 0.2) is 35.4 Å². The van der Waals surface area contributed by atoms with Gasteiger partial charge in [-0.25, -0.2) is 0 Å². The van der Waals surface area contributed by atoms with E-state index >= 15 is 0 Å². The SMILES string of the molecule is ClC1=CC=CC=CC1(Cl)Cl. The minimum Gasteiger partial charge on any atom is -0.0906 e. The number of allylic oxidation sites excluding steroid dienone is 6. The molecule has 0 N–H and O–H groups in total. The second-order valence-electron chi connectivity index (χ2n) is 1.88. The normalized spacial score (nSPS) is 22.1. The Morgan fingerprint density at radius 1 is 1.10 bits per heavy atom. The second kappa shape index (κ2) is 3.00. The van der Waals surface area contributed by atoms with Gasteiger partial charge < -0.3 is 0 Å². The molecule has 1 aliphatic rings. The third-order valence-corrected chi connectivity index (χ3v) is 2.37. The predicted molar refractivity (Wildman–Crippen MR) is 46.7 cm³/mol. The van der Waals surface area contributed by atoms with Gasteiger partial charge in [0.2, 0.25) is 0 Å². The van der Waals surface area contributed by atoms with Crippen LogP contribution in [0.5, 0.6) is 0 Å². The molecule has 0 saturated heterocycles. The Kier molecular flexibility index (Phi) is 2.45. The van der Waals surface area contributed by atoms with Crippen molar-refractivity contribution in [3.8, 4) is 0 Å². The van der Waals surface area contributed by atoms with Crippen molar-refractivity contribution >= 4 is 34.8 Å². The molecule has 0 saturated carbocycles. The van der Waals surface area contributed by atoms with E-state index in [1.807, 2.05) is 6.08 Å². The van der Waals surface area contributed by atoms with Crippen LogP contribution in [-0.4, -0.2) is 4.33 Å². The lowest BCUT2D eigenvalue weighted by atomic mass is 10.3. The van der Waals surface area contributed by atoms with E-state index in [0.29, 0.717) is 5.03 Å². The van der Waals surface area contributed by atoms with Crippen LogP contribution in [0.3, 0.4) is 0 Å². The molecule has 0 atom stereocenters. The van der Waals surface area contributed by atoms with Gasteiger partial charge in [0.1, 0.15) is 0 Å². The zero-order valence-electron chi connectivity index (χ0n) is 5.02. The third-order valence-electron chi connectivity index (χ3n) is 1.09. The summed E-state index contributed by atoms with van der Waals surface area (Å²) in [5, 5.41) is 0.417. The monoisotopic (exact) mass is 194 g/mol. The summed E-state index contributed by atoms with van der Waals surface area (Å²) >= 11 is 17.2. The van der Waals surface area contributed by atoms with Crippen LogP contribution in [0.25, 0.3) is 0 Å². The molecule has 0 heterocycles. The molecule has 54 valence electrons. The van der Waals surface area contributed by atoms with Gasteiger partial charge in [0.15, 0.2) is 4.33 Å². The van der Waals surface area contributed by atoms with Gasteiger partial charge in [0, 0.05) is 0 Å². The summed E-state index contributed by atoms with van der Waals surface area (Å²) in [5.41, 5.74) is 0. The van der Waals surface area contributed by atoms with Gasteiger partial charge in [-0.2, -0.15) is 0 Å². The highest BCUT2D eigenvalue weighted by Gasteiger charge is 2.24. The molecule has 0 amide bonds. The van der Waals surface area contributed by atoms with Crippen molar-refractivity contribution in [3.05, 3.63) is 35.4 Å². The van der Waals surface area contributed by atoms with Crippen LogP contribution in [-0.2, 0) is 0 Å². The van der Waals surface area contributed by atoms with E-state index in [9.17, 15) is 0 Å². The largest absolute Gasteiger partial charge is 0.171 e. The summed E-state index contributed by atoms with van der Waals surface area (Å²) in [6.45, 7) is 0. The highest BCUT2D eigenvalue weighted by atomic mass is 35.5. The summed E-state index contributed by atoms with van der Waals surface area (Å²) < 4.78 is -1.05. The number of halogens is 3. The molecule has 0 spiro atoms. The molecule has 0 aliphatic heterocycles. The quantitative estimate of drug-likeness (QED) is 0.520. The van der Waals surface area contributed by atoms with Crippen LogP contribution in [0.1, 0.15) is 0 Å². The minimum absolute atomic E-state index is 0.417. The van der Waals surface area contributed by atoms with Gasteiger partial charge in [0.05, 0.1) is 5.03 Å². The zero-order chi connectivity index (χ0) is 7.61. The molecule has 1 rings (SSSR count). The van der Waals surface area contributed by atoms with Gasteiger partial charge in [-0.05, 0) is 12.2 Å². The fourth-order valence-corrected chi connectivity index (χ4v) is 0.979. The van der Waals surface area contributed by atoms with Crippen molar-refractivity contribution in [3.63, 3.8) is 0 Å². The zero-order valence-corrected chi connectivity index (χ0v) is 7.29. The third kappa shape index (κ3) is 1.79. The Bertz CT molecular complexity index is 211. The molecule has 0 unspecified atom stereocenters. The average Bonchev–Trinajstić information content (AvgIpc) is 1.96. The maximum Gasteiger partial charge on any atom is 0.171 e. The molecule has 0 bridgehead atoms. The van der Waals surface area contributed by atoms with Crippen LogP contribution in [0, 0.1) is 0 Å². The summed E-state index contributed by atoms with van der Waals surface area (Å²) in [4.78, 5) is 0. The van der Waals surface area contributed by atoms with E-state index in [-0.39, 0.29) is 0 Å². The molecule has 0 aromatic rings. The molecule has 0 aromatic heterocycles. The Balaban J connectivity index is 2.97. The topological polar surface area (TPSA) is 0 Å². The van der Waals surface area contributed by atoms with Crippen LogP contribution in [0.2, 0.25) is 0 Å². The number of hydrogen-bond acceptors (Lipinski definition) is 0. The average molecular weight is 195 g/mol. The van der Waals surface area contributed by atoms with Crippen LogP contribution in [0.4, 0.5) is 0 Å². The Labute approximate surface area is 74.8 Å². The van der Waals surface area contributed by atoms with Crippen molar-refractivity contribution in [1.29, 1.82) is 0 Å². The first-order valence-corrected chi connectivity index (χ1v) is 3.86. The summed E-state index contributed by atoms with van der Waals surface area (Å²) in [6.07, 6.45) is 8.64. The van der Waals surface area contributed by atoms with Crippen LogP contribution < -0.4 is 0 Å². The van der Waals surface area contributed by atoms with E-state index in [1.54, 1.807) is 24.3 Å². The Morgan fingerprint density at radius 2 is 1.80 bits per heavy atom. The number of hydrogen-bond donors (Lipinski definition) is 0. The first-order chi connectivity index (χ1) is 4.63. The number of alkyl halides is 2. The van der Waals surface area contributed by atoms with Gasteiger partial charge in [-0.1, -0.05) is 53.0 Å². The molecule has 0 nitrogen and oxygen atoms in total. The lowest BCUT2D eigenvalue weighted by Crippen LogP contribution is -2.07. The van der Waals surface area contributed by atoms with Gasteiger partial charge in [0.25, 0.3) is 0 Å². The Morgan fingerprint density at radius 3 is 2.50 bits per heavy atom. The van der Waals surface area contributed by atoms with E-state index in [1.165, 1.54) is 0 Å². The van der Waals surface area contributed by atoms with Gasteiger partial charge >= 0.3 is 0 Å². The van der Waals surface area contributed by atoms with E-state index < -0.39 is 4.33 Å². The molecule has 0 radical (unpaired) electrons. The first kappa shape index (κ1) is 8.19. The highest BCUT2D eigenvalue weighted by Crippen LogP contribution is 2.35. The first-order valence-electron chi connectivity index (χ1n) is 2.73. The smallest absolute Gasteiger partial charge is 0.0906 e. The molecular formula is C7H5Cl3. The predicted octanol–water partition coefficient (Wildman–Crippen LogP) is 3.41. The van der Waals surface area contributed by atoms with Crippen molar-refractivity contribution in [1.82, 2.24) is 0 Å². The maximum atomic E-state index is 5.77.